The normalized spacial score (nSPS) is 10.0. The number of carbonyl (C=O) groups is 1. The minimum absolute atomic E-state index is 0.215. The first kappa shape index (κ1) is 12.6. The average Bonchev–Trinajstić information content (AvgIpc) is 2.28. The van der Waals surface area contributed by atoms with Crippen LogP contribution >= 0.6 is 0 Å². The van der Waals surface area contributed by atoms with Crippen LogP contribution in [0.5, 0.6) is 0 Å². The molecule has 3 nitrogen and oxygen atoms in total. The Labute approximate surface area is 97.0 Å². The van der Waals surface area contributed by atoms with E-state index >= 15 is 0 Å². The van der Waals surface area contributed by atoms with Gasteiger partial charge in [-0.15, -0.1) is 0 Å². The number of ether oxygens (including phenoxy) is 1. The maximum Gasteiger partial charge on any atom is 0.325 e. The third kappa shape index (κ3) is 2.75. The number of methoxy groups -OCH3 is 1. The predicted octanol–water partition coefficient (Wildman–Crippen LogP) is 2.17. The van der Waals surface area contributed by atoms with Crippen LogP contribution in [0.3, 0.4) is 0 Å². The Morgan fingerprint density at radius 3 is 2.69 bits per heavy atom. The van der Waals surface area contributed by atoms with Crippen molar-refractivity contribution in [3.8, 4) is 0 Å². The summed E-state index contributed by atoms with van der Waals surface area (Å²) in [5.74, 6) is -0.215. The molecule has 1 aromatic rings. The number of aryl methyl sites for hydroxylation is 2. The van der Waals surface area contributed by atoms with Crippen molar-refractivity contribution in [2.24, 2.45) is 0 Å². The van der Waals surface area contributed by atoms with Gasteiger partial charge in [0.05, 0.1) is 7.11 Å². The summed E-state index contributed by atoms with van der Waals surface area (Å²) in [6, 6.07) is 6.20. The van der Waals surface area contributed by atoms with Crippen LogP contribution in [0.25, 0.3) is 0 Å². The summed E-state index contributed by atoms with van der Waals surface area (Å²) in [6.45, 7) is 4.46. The minimum Gasteiger partial charge on any atom is -0.468 e. The Morgan fingerprint density at radius 2 is 2.12 bits per heavy atom. The molecule has 0 fully saturated rings. The molecule has 0 aliphatic rings. The average molecular weight is 221 g/mol. The maximum absolute atomic E-state index is 11.2. The number of para-hydroxylation sites is 1. The Bertz CT molecular complexity index is 374. The molecule has 1 rings (SSSR count). The number of anilines is 1. The van der Waals surface area contributed by atoms with Crippen LogP contribution in [0.1, 0.15) is 18.1 Å². The van der Waals surface area contributed by atoms with Crippen LogP contribution in [0, 0.1) is 6.92 Å². The zero-order valence-electron chi connectivity index (χ0n) is 10.4. The lowest BCUT2D eigenvalue weighted by Crippen LogP contribution is -2.27. The van der Waals surface area contributed by atoms with Crippen molar-refractivity contribution in [3.05, 3.63) is 29.3 Å². The second-order valence-corrected chi connectivity index (χ2v) is 3.87. The van der Waals surface area contributed by atoms with Crippen molar-refractivity contribution in [1.29, 1.82) is 0 Å². The van der Waals surface area contributed by atoms with Crippen LogP contribution < -0.4 is 4.90 Å². The van der Waals surface area contributed by atoms with Gasteiger partial charge in [0.1, 0.15) is 6.54 Å². The lowest BCUT2D eigenvalue weighted by atomic mass is 10.0. The zero-order valence-corrected chi connectivity index (χ0v) is 10.4. The number of rotatable bonds is 4. The van der Waals surface area contributed by atoms with Gasteiger partial charge in [-0.05, 0) is 24.5 Å². The maximum atomic E-state index is 11.2. The minimum atomic E-state index is -0.215. The molecule has 0 aliphatic carbocycles. The van der Waals surface area contributed by atoms with Gasteiger partial charge in [0, 0.05) is 12.7 Å². The predicted molar refractivity (Wildman–Crippen MR) is 65.8 cm³/mol. The highest BCUT2D eigenvalue weighted by molar-refractivity contribution is 5.76. The number of benzene rings is 1. The van der Waals surface area contributed by atoms with Gasteiger partial charge in [0.2, 0.25) is 0 Å². The number of hydrogen-bond acceptors (Lipinski definition) is 3. The molecule has 3 heteroatoms. The topological polar surface area (TPSA) is 29.5 Å². The van der Waals surface area contributed by atoms with Crippen LogP contribution in [0.4, 0.5) is 5.69 Å². The Kier molecular flexibility index (Phi) is 4.35. The van der Waals surface area contributed by atoms with E-state index in [0.29, 0.717) is 0 Å². The smallest absolute Gasteiger partial charge is 0.325 e. The molecular weight excluding hydrogens is 202 g/mol. The van der Waals surface area contributed by atoms with E-state index in [2.05, 4.69) is 30.7 Å². The van der Waals surface area contributed by atoms with Gasteiger partial charge in [0.25, 0.3) is 0 Å². The molecule has 0 bridgehead atoms. The second kappa shape index (κ2) is 5.54. The standard InChI is InChI=1S/C13H19NO2/c1-5-11-8-6-7-10(2)13(11)14(3)9-12(15)16-4/h6-8H,5,9H2,1-4H3. The first-order chi connectivity index (χ1) is 7.60. The van der Waals surface area contributed by atoms with E-state index in [0.717, 1.165) is 12.1 Å². The molecule has 0 amide bonds. The van der Waals surface area contributed by atoms with E-state index in [1.807, 2.05) is 18.0 Å². The first-order valence-electron chi connectivity index (χ1n) is 5.46. The first-order valence-corrected chi connectivity index (χ1v) is 5.46. The Morgan fingerprint density at radius 1 is 1.44 bits per heavy atom. The van der Waals surface area contributed by atoms with Gasteiger partial charge in [-0.25, -0.2) is 0 Å². The highest BCUT2D eigenvalue weighted by Gasteiger charge is 2.12. The van der Waals surface area contributed by atoms with E-state index in [1.54, 1.807) is 0 Å². The summed E-state index contributed by atoms with van der Waals surface area (Å²) >= 11 is 0. The Hall–Kier alpha value is -1.51. The SMILES string of the molecule is CCc1cccc(C)c1N(C)CC(=O)OC. The summed E-state index contributed by atoms with van der Waals surface area (Å²) in [4.78, 5) is 13.2. The van der Waals surface area contributed by atoms with Crippen molar-refractivity contribution in [2.75, 3.05) is 25.6 Å². The zero-order chi connectivity index (χ0) is 12.1. The third-order valence-corrected chi connectivity index (χ3v) is 2.68. The number of nitrogens with zero attached hydrogens (tertiary/aromatic N) is 1. The molecule has 1 aromatic carbocycles. The molecule has 88 valence electrons. The second-order valence-electron chi connectivity index (χ2n) is 3.87. The fourth-order valence-corrected chi connectivity index (χ4v) is 1.89. The molecule has 0 N–H and O–H groups in total. The molecule has 0 saturated heterocycles. The van der Waals surface area contributed by atoms with Gasteiger partial charge in [-0.2, -0.15) is 0 Å². The summed E-state index contributed by atoms with van der Waals surface area (Å²) in [6.07, 6.45) is 0.961. The van der Waals surface area contributed by atoms with Crippen LogP contribution in [-0.4, -0.2) is 26.7 Å². The van der Waals surface area contributed by atoms with E-state index in [4.69, 9.17) is 0 Å². The molecule has 0 aromatic heterocycles. The summed E-state index contributed by atoms with van der Waals surface area (Å²) in [7, 11) is 3.33. The van der Waals surface area contributed by atoms with Crippen molar-refractivity contribution >= 4 is 11.7 Å². The van der Waals surface area contributed by atoms with Crippen molar-refractivity contribution < 1.29 is 9.53 Å². The molecule has 16 heavy (non-hydrogen) atoms. The largest absolute Gasteiger partial charge is 0.468 e. The van der Waals surface area contributed by atoms with E-state index in [-0.39, 0.29) is 12.5 Å². The number of carbonyl (C=O) groups excluding carboxylic acids is 1. The summed E-state index contributed by atoms with van der Waals surface area (Å²) in [5, 5.41) is 0. The monoisotopic (exact) mass is 221 g/mol. The number of hydrogen-bond donors (Lipinski definition) is 0. The lowest BCUT2D eigenvalue weighted by molar-refractivity contribution is -0.138. The molecule has 0 radical (unpaired) electrons. The van der Waals surface area contributed by atoms with Crippen molar-refractivity contribution in [3.63, 3.8) is 0 Å². The van der Waals surface area contributed by atoms with Crippen LogP contribution in [0.15, 0.2) is 18.2 Å². The summed E-state index contributed by atoms with van der Waals surface area (Å²) < 4.78 is 4.68. The van der Waals surface area contributed by atoms with Gasteiger partial charge >= 0.3 is 5.97 Å². The molecule has 0 aliphatic heterocycles. The fraction of sp³-hybridized carbons (Fsp3) is 0.462. The molecule has 0 unspecified atom stereocenters. The highest BCUT2D eigenvalue weighted by Crippen LogP contribution is 2.24. The number of esters is 1. The van der Waals surface area contributed by atoms with Gasteiger partial charge in [-0.1, -0.05) is 25.1 Å². The molecule has 0 atom stereocenters. The quantitative estimate of drug-likeness (QED) is 0.730. The molecule has 0 heterocycles. The lowest BCUT2D eigenvalue weighted by Gasteiger charge is -2.23. The number of likely N-dealkylation sites (N-methyl/N-ethyl adjacent to an activating group) is 1. The van der Waals surface area contributed by atoms with E-state index in [9.17, 15) is 4.79 Å². The fourth-order valence-electron chi connectivity index (χ4n) is 1.89. The third-order valence-electron chi connectivity index (χ3n) is 2.68. The van der Waals surface area contributed by atoms with Gasteiger partial charge in [0.15, 0.2) is 0 Å². The summed E-state index contributed by atoms with van der Waals surface area (Å²) in [5.41, 5.74) is 3.58. The molecular formula is C13H19NO2. The molecule has 0 saturated carbocycles. The van der Waals surface area contributed by atoms with E-state index in [1.165, 1.54) is 18.2 Å². The van der Waals surface area contributed by atoms with Gasteiger partial charge < -0.3 is 9.64 Å². The molecule has 0 spiro atoms. The Balaban J connectivity index is 2.97. The van der Waals surface area contributed by atoms with Crippen molar-refractivity contribution in [1.82, 2.24) is 0 Å². The van der Waals surface area contributed by atoms with Crippen molar-refractivity contribution in [2.45, 2.75) is 20.3 Å². The highest BCUT2D eigenvalue weighted by atomic mass is 16.5. The van der Waals surface area contributed by atoms with Gasteiger partial charge in [-0.3, -0.25) is 4.79 Å². The van der Waals surface area contributed by atoms with Crippen LogP contribution in [0.2, 0.25) is 0 Å². The van der Waals surface area contributed by atoms with E-state index < -0.39 is 0 Å². The van der Waals surface area contributed by atoms with Crippen LogP contribution in [-0.2, 0) is 16.0 Å².